The van der Waals surface area contributed by atoms with Gasteiger partial charge in [-0.15, -0.1) is 0 Å². The molecule has 0 atom stereocenters. The molecule has 0 fully saturated rings. The number of carboxylic acid groups (broad SMARTS) is 1. The lowest BCUT2D eigenvalue weighted by Gasteiger charge is -2.20. The van der Waals surface area contributed by atoms with E-state index in [0.717, 1.165) is 0 Å². The molecule has 0 saturated heterocycles. The first kappa shape index (κ1) is 14.9. The molecular formula is C12H18N4O3. The molecule has 0 aliphatic heterocycles. The molecule has 7 nitrogen and oxygen atoms in total. The summed E-state index contributed by atoms with van der Waals surface area (Å²) in [5, 5.41) is 14.4. The van der Waals surface area contributed by atoms with E-state index >= 15 is 0 Å². The predicted octanol–water partition coefficient (Wildman–Crippen LogP) is 0.810. The Balaban J connectivity index is 2.62. The van der Waals surface area contributed by atoms with Gasteiger partial charge < -0.3 is 15.7 Å². The molecule has 0 radical (unpaired) electrons. The van der Waals surface area contributed by atoms with Gasteiger partial charge in [-0.3, -0.25) is 4.79 Å². The van der Waals surface area contributed by atoms with Crippen LogP contribution >= 0.6 is 0 Å². The Labute approximate surface area is 111 Å². The number of hydrogen-bond donors (Lipinski definition) is 3. The number of carbonyl (C=O) groups excluding carboxylic acids is 1. The lowest BCUT2D eigenvalue weighted by atomic mass is 10.1. The van der Waals surface area contributed by atoms with Crippen molar-refractivity contribution in [2.45, 2.75) is 33.2 Å². The summed E-state index contributed by atoms with van der Waals surface area (Å²) in [5.74, 6) is -1.03. The van der Waals surface area contributed by atoms with Crippen molar-refractivity contribution in [1.82, 2.24) is 15.3 Å². The second-order valence-electron chi connectivity index (χ2n) is 5.15. The zero-order valence-corrected chi connectivity index (χ0v) is 11.4. The molecule has 1 amide bonds. The summed E-state index contributed by atoms with van der Waals surface area (Å²) in [5.41, 5.74) is 0.0915. The van der Waals surface area contributed by atoms with Crippen LogP contribution < -0.4 is 10.6 Å². The number of nitrogens with zero attached hydrogens (tertiary/aromatic N) is 2. The minimum atomic E-state index is -1.07. The van der Waals surface area contributed by atoms with Crippen LogP contribution in [0.1, 0.15) is 36.8 Å². The van der Waals surface area contributed by atoms with Gasteiger partial charge in [0.25, 0.3) is 0 Å². The van der Waals surface area contributed by atoms with Crippen LogP contribution in [0.4, 0.5) is 5.95 Å². The Bertz CT molecular complexity index is 494. The molecule has 7 heteroatoms. The zero-order chi connectivity index (χ0) is 14.6. The number of anilines is 1. The minimum Gasteiger partial charge on any atom is -0.478 e. The zero-order valence-electron chi connectivity index (χ0n) is 11.4. The van der Waals surface area contributed by atoms with Crippen LogP contribution in [0.5, 0.6) is 0 Å². The van der Waals surface area contributed by atoms with Crippen LogP contribution in [0.3, 0.4) is 0 Å². The Morgan fingerprint density at radius 2 is 2.00 bits per heavy atom. The number of carboxylic acids is 1. The molecule has 0 spiro atoms. The van der Waals surface area contributed by atoms with Crippen molar-refractivity contribution in [3.05, 3.63) is 17.5 Å². The fraction of sp³-hybridized carbons (Fsp3) is 0.500. The van der Waals surface area contributed by atoms with Crippen LogP contribution in [-0.4, -0.2) is 39.0 Å². The van der Waals surface area contributed by atoms with E-state index in [1.54, 1.807) is 6.92 Å². The summed E-state index contributed by atoms with van der Waals surface area (Å²) < 4.78 is 0. The van der Waals surface area contributed by atoms with Gasteiger partial charge in [0.2, 0.25) is 11.9 Å². The Morgan fingerprint density at radius 3 is 2.47 bits per heavy atom. The smallest absolute Gasteiger partial charge is 0.339 e. The number of amides is 1. The average molecular weight is 266 g/mol. The van der Waals surface area contributed by atoms with E-state index in [-0.39, 0.29) is 29.5 Å². The van der Waals surface area contributed by atoms with E-state index < -0.39 is 5.97 Å². The van der Waals surface area contributed by atoms with Gasteiger partial charge in [-0.1, -0.05) is 0 Å². The summed E-state index contributed by atoms with van der Waals surface area (Å²) in [6, 6.07) is 0. The number of carbonyl (C=O) groups is 2. The third-order valence-corrected chi connectivity index (χ3v) is 2.13. The summed E-state index contributed by atoms with van der Waals surface area (Å²) in [6.07, 6.45) is 1.22. The lowest BCUT2D eigenvalue weighted by Crippen LogP contribution is -2.43. The van der Waals surface area contributed by atoms with E-state index in [1.807, 2.05) is 20.8 Å². The highest BCUT2D eigenvalue weighted by molar-refractivity contribution is 5.88. The van der Waals surface area contributed by atoms with Gasteiger partial charge in [-0.25, -0.2) is 14.8 Å². The van der Waals surface area contributed by atoms with Crippen molar-refractivity contribution < 1.29 is 14.7 Å². The number of rotatable bonds is 4. The molecule has 1 aromatic heterocycles. The van der Waals surface area contributed by atoms with Crippen LogP contribution in [0.15, 0.2) is 6.20 Å². The standard InChI is InChI=1S/C12H18N4O3/c1-7-8(10(18)19)5-13-11(15-7)14-6-9(17)16-12(2,3)4/h5H,6H2,1-4H3,(H,16,17)(H,18,19)(H,13,14,15). The summed E-state index contributed by atoms with van der Waals surface area (Å²) in [4.78, 5) is 30.2. The molecule has 104 valence electrons. The molecule has 19 heavy (non-hydrogen) atoms. The van der Waals surface area contributed by atoms with Crippen molar-refractivity contribution in [3.63, 3.8) is 0 Å². The molecule has 1 aromatic rings. The van der Waals surface area contributed by atoms with E-state index in [9.17, 15) is 9.59 Å². The SMILES string of the molecule is Cc1nc(NCC(=O)NC(C)(C)C)ncc1C(=O)O. The van der Waals surface area contributed by atoms with Crippen molar-refractivity contribution >= 4 is 17.8 Å². The Kier molecular flexibility index (Phi) is 4.42. The quantitative estimate of drug-likeness (QED) is 0.745. The molecule has 0 unspecified atom stereocenters. The third-order valence-electron chi connectivity index (χ3n) is 2.13. The average Bonchev–Trinajstić information content (AvgIpc) is 2.23. The highest BCUT2D eigenvalue weighted by atomic mass is 16.4. The maximum atomic E-state index is 11.6. The highest BCUT2D eigenvalue weighted by Crippen LogP contribution is 2.06. The van der Waals surface area contributed by atoms with Crippen LogP contribution in [0, 0.1) is 6.92 Å². The van der Waals surface area contributed by atoms with Gasteiger partial charge in [0.05, 0.1) is 17.8 Å². The predicted molar refractivity (Wildman–Crippen MR) is 70.1 cm³/mol. The van der Waals surface area contributed by atoms with Gasteiger partial charge in [-0.05, 0) is 27.7 Å². The largest absolute Gasteiger partial charge is 0.478 e. The van der Waals surface area contributed by atoms with E-state index in [0.29, 0.717) is 5.69 Å². The van der Waals surface area contributed by atoms with E-state index in [4.69, 9.17) is 5.11 Å². The van der Waals surface area contributed by atoms with E-state index in [1.165, 1.54) is 6.20 Å². The minimum absolute atomic E-state index is 0.0309. The summed E-state index contributed by atoms with van der Waals surface area (Å²) in [7, 11) is 0. The molecule has 1 heterocycles. The monoisotopic (exact) mass is 266 g/mol. The second-order valence-corrected chi connectivity index (χ2v) is 5.15. The van der Waals surface area contributed by atoms with Crippen molar-refractivity contribution in [2.75, 3.05) is 11.9 Å². The molecule has 1 rings (SSSR count). The number of hydrogen-bond acceptors (Lipinski definition) is 5. The molecule has 0 bridgehead atoms. The highest BCUT2D eigenvalue weighted by Gasteiger charge is 2.14. The fourth-order valence-electron chi connectivity index (χ4n) is 1.38. The molecule has 0 aliphatic rings. The van der Waals surface area contributed by atoms with Gasteiger partial charge in [0.1, 0.15) is 0 Å². The molecule has 0 aliphatic carbocycles. The van der Waals surface area contributed by atoms with Gasteiger partial charge in [-0.2, -0.15) is 0 Å². The van der Waals surface area contributed by atoms with Gasteiger partial charge in [0.15, 0.2) is 0 Å². The Hall–Kier alpha value is -2.18. The number of nitrogens with one attached hydrogen (secondary N) is 2. The van der Waals surface area contributed by atoms with Crippen LogP contribution in [0.25, 0.3) is 0 Å². The van der Waals surface area contributed by atoms with E-state index in [2.05, 4.69) is 20.6 Å². The van der Waals surface area contributed by atoms with Gasteiger partial charge >= 0.3 is 5.97 Å². The Morgan fingerprint density at radius 1 is 1.37 bits per heavy atom. The van der Waals surface area contributed by atoms with Crippen LogP contribution in [-0.2, 0) is 4.79 Å². The summed E-state index contributed by atoms with van der Waals surface area (Å²) in [6.45, 7) is 7.25. The number of aryl methyl sites for hydroxylation is 1. The lowest BCUT2D eigenvalue weighted by molar-refractivity contribution is -0.120. The maximum Gasteiger partial charge on any atom is 0.339 e. The first-order chi connectivity index (χ1) is 8.69. The fourth-order valence-corrected chi connectivity index (χ4v) is 1.38. The summed E-state index contributed by atoms with van der Waals surface area (Å²) >= 11 is 0. The van der Waals surface area contributed by atoms with Gasteiger partial charge in [0, 0.05) is 11.7 Å². The third kappa shape index (κ3) is 4.90. The number of aromatic nitrogens is 2. The molecule has 0 saturated carbocycles. The first-order valence-electron chi connectivity index (χ1n) is 5.81. The van der Waals surface area contributed by atoms with Crippen molar-refractivity contribution in [2.24, 2.45) is 0 Å². The van der Waals surface area contributed by atoms with Crippen molar-refractivity contribution in [3.8, 4) is 0 Å². The first-order valence-corrected chi connectivity index (χ1v) is 5.81. The topological polar surface area (TPSA) is 104 Å². The van der Waals surface area contributed by atoms with Crippen molar-refractivity contribution in [1.29, 1.82) is 0 Å². The maximum absolute atomic E-state index is 11.6. The number of aromatic carboxylic acids is 1. The molecule has 0 aromatic carbocycles. The normalized spacial score (nSPS) is 10.9. The van der Waals surface area contributed by atoms with Crippen LogP contribution in [0.2, 0.25) is 0 Å². The second kappa shape index (κ2) is 5.64. The molecular weight excluding hydrogens is 248 g/mol. The molecule has 3 N–H and O–H groups in total.